The Hall–Kier alpha value is -1.55. The maximum Gasteiger partial charge on any atom is 0.201 e. The Bertz CT molecular complexity index is 538. The van der Waals surface area contributed by atoms with Crippen LogP contribution in [0.4, 0.5) is 5.95 Å². The van der Waals surface area contributed by atoms with Gasteiger partial charge in [0.05, 0.1) is 11.0 Å². The number of hydrogen-bond donors (Lipinski definition) is 2. The SMILES string of the molecule is NCc1cccc2nc(N)n(C3CCCC3)c12. The second-order valence-corrected chi connectivity index (χ2v) is 4.77. The zero-order valence-electron chi connectivity index (χ0n) is 9.89. The summed E-state index contributed by atoms with van der Waals surface area (Å²) in [6, 6.07) is 6.58. The number of para-hydroxylation sites is 1. The van der Waals surface area contributed by atoms with E-state index in [1.807, 2.05) is 12.1 Å². The first kappa shape index (κ1) is 10.6. The van der Waals surface area contributed by atoms with Gasteiger partial charge in [-0.15, -0.1) is 0 Å². The molecule has 1 saturated carbocycles. The van der Waals surface area contributed by atoms with E-state index in [9.17, 15) is 0 Å². The van der Waals surface area contributed by atoms with Crippen LogP contribution in [0.2, 0.25) is 0 Å². The molecule has 0 saturated heterocycles. The van der Waals surface area contributed by atoms with Crippen LogP contribution in [0.15, 0.2) is 18.2 Å². The van der Waals surface area contributed by atoms with E-state index < -0.39 is 0 Å². The maximum atomic E-state index is 6.07. The van der Waals surface area contributed by atoms with Crippen molar-refractivity contribution in [2.75, 3.05) is 5.73 Å². The minimum Gasteiger partial charge on any atom is -0.369 e. The molecule has 0 unspecified atom stereocenters. The van der Waals surface area contributed by atoms with E-state index in [1.54, 1.807) is 0 Å². The van der Waals surface area contributed by atoms with Crippen LogP contribution in [-0.4, -0.2) is 9.55 Å². The lowest BCUT2D eigenvalue weighted by molar-refractivity contribution is 0.538. The van der Waals surface area contributed by atoms with Gasteiger partial charge in [0.25, 0.3) is 0 Å². The van der Waals surface area contributed by atoms with E-state index in [0.29, 0.717) is 18.5 Å². The first-order chi connectivity index (χ1) is 8.31. The van der Waals surface area contributed by atoms with Gasteiger partial charge in [-0.25, -0.2) is 4.98 Å². The van der Waals surface area contributed by atoms with Gasteiger partial charge < -0.3 is 16.0 Å². The Balaban J connectivity index is 2.24. The standard InChI is InChI=1S/C13H18N4/c14-8-9-4-3-7-11-12(9)17(13(15)16-11)10-5-1-2-6-10/h3-4,7,10H,1-2,5-6,8,14H2,(H2,15,16). The predicted octanol–water partition coefficient (Wildman–Crippen LogP) is 2.19. The van der Waals surface area contributed by atoms with Crippen molar-refractivity contribution in [2.24, 2.45) is 5.73 Å². The minimum absolute atomic E-state index is 0.507. The summed E-state index contributed by atoms with van der Waals surface area (Å²) in [5.41, 5.74) is 15.1. The van der Waals surface area contributed by atoms with E-state index in [-0.39, 0.29) is 0 Å². The molecule has 0 amide bonds. The summed E-state index contributed by atoms with van der Waals surface area (Å²) in [5, 5.41) is 0. The van der Waals surface area contributed by atoms with Crippen LogP contribution in [-0.2, 0) is 6.54 Å². The summed E-state index contributed by atoms with van der Waals surface area (Å²) in [4.78, 5) is 4.45. The molecule has 90 valence electrons. The topological polar surface area (TPSA) is 69.9 Å². The minimum atomic E-state index is 0.507. The number of nitrogen functional groups attached to an aromatic ring is 1. The molecule has 17 heavy (non-hydrogen) atoms. The molecule has 4 N–H and O–H groups in total. The number of imidazole rings is 1. The van der Waals surface area contributed by atoms with Crippen LogP contribution in [0, 0.1) is 0 Å². The molecule has 1 aromatic carbocycles. The van der Waals surface area contributed by atoms with Crippen LogP contribution in [0.25, 0.3) is 11.0 Å². The van der Waals surface area contributed by atoms with Crippen LogP contribution < -0.4 is 11.5 Å². The fourth-order valence-corrected chi connectivity index (χ4v) is 2.93. The van der Waals surface area contributed by atoms with Crippen molar-refractivity contribution in [2.45, 2.75) is 38.3 Å². The zero-order valence-corrected chi connectivity index (χ0v) is 9.89. The molecule has 1 aliphatic rings. The van der Waals surface area contributed by atoms with Crippen LogP contribution in [0.5, 0.6) is 0 Å². The van der Waals surface area contributed by atoms with E-state index >= 15 is 0 Å². The average Bonchev–Trinajstić information content (AvgIpc) is 2.93. The van der Waals surface area contributed by atoms with Crippen molar-refractivity contribution < 1.29 is 0 Å². The van der Waals surface area contributed by atoms with Crippen molar-refractivity contribution >= 4 is 17.0 Å². The number of nitrogens with two attached hydrogens (primary N) is 2. The number of benzene rings is 1. The number of anilines is 1. The van der Waals surface area contributed by atoms with Gasteiger partial charge in [-0.2, -0.15) is 0 Å². The van der Waals surface area contributed by atoms with Crippen molar-refractivity contribution in [3.05, 3.63) is 23.8 Å². The Labute approximate surface area is 101 Å². The van der Waals surface area contributed by atoms with Gasteiger partial charge in [0.2, 0.25) is 5.95 Å². The molecule has 0 aliphatic heterocycles. The van der Waals surface area contributed by atoms with E-state index in [1.165, 1.54) is 25.7 Å². The smallest absolute Gasteiger partial charge is 0.201 e. The van der Waals surface area contributed by atoms with Gasteiger partial charge in [0.1, 0.15) is 0 Å². The normalized spacial score (nSPS) is 17.0. The average molecular weight is 230 g/mol. The fraction of sp³-hybridized carbons (Fsp3) is 0.462. The molecule has 0 atom stereocenters. The second kappa shape index (κ2) is 4.04. The van der Waals surface area contributed by atoms with Crippen LogP contribution in [0.3, 0.4) is 0 Å². The van der Waals surface area contributed by atoms with Crippen molar-refractivity contribution in [3.63, 3.8) is 0 Å². The quantitative estimate of drug-likeness (QED) is 0.830. The molecule has 1 heterocycles. The molecule has 1 aliphatic carbocycles. The highest BCUT2D eigenvalue weighted by atomic mass is 15.2. The summed E-state index contributed by atoms with van der Waals surface area (Å²) in [7, 11) is 0. The number of nitrogens with zero attached hydrogens (tertiary/aromatic N) is 2. The molecule has 1 fully saturated rings. The predicted molar refractivity (Wildman–Crippen MR) is 69.5 cm³/mol. The molecule has 2 aromatic rings. The monoisotopic (exact) mass is 230 g/mol. The lowest BCUT2D eigenvalue weighted by Gasteiger charge is -2.15. The van der Waals surface area contributed by atoms with Gasteiger partial charge in [0.15, 0.2) is 0 Å². The van der Waals surface area contributed by atoms with Gasteiger partial charge in [-0.05, 0) is 24.5 Å². The third kappa shape index (κ3) is 1.60. The van der Waals surface area contributed by atoms with Crippen molar-refractivity contribution in [1.29, 1.82) is 0 Å². The number of hydrogen-bond acceptors (Lipinski definition) is 3. The Morgan fingerprint density at radius 2 is 2.06 bits per heavy atom. The second-order valence-electron chi connectivity index (χ2n) is 4.77. The summed E-state index contributed by atoms with van der Waals surface area (Å²) < 4.78 is 2.20. The van der Waals surface area contributed by atoms with Crippen LogP contribution in [0.1, 0.15) is 37.3 Å². The van der Waals surface area contributed by atoms with E-state index in [4.69, 9.17) is 11.5 Å². The third-order valence-corrected chi connectivity index (χ3v) is 3.73. The summed E-state index contributed by atoms with van der Waals surface area (Å²) >= 11 is 0. The maximum absolute atomic E-state index is 6.07. The first-order valence-electron chi connectivity index (χ1n) is 6.26. The van der Waals surface area contributed by atoms with Gasteiger partial charge in [0, 0.05) is 12.6 Å². The summed E-state index contributed by atoms with van der Waals surface area (Å²) in [5.74, 6) is 0.632. The Morgan fingerprint density at radius 1 is 1.29 bits per heavy atom. The third-order valence-electron chi connectivity index (χ3n) is 3.73. The van der Waals surface area contributed by atoms with Crippen molar-refractivity contribution in [1.82, 2.24) is 9.55 Å². The Kier molecular flexibility index (Phi) is 2.52. The van der Waals surface area contributed by atoms with E-state index in [2.05, 4.69) is 15.6 Å². The molecule has 4 nitrogen and oxygen atoms in total. The lowest BCUT2D eigenvalue weighted by atomic mass is 10.1. The highest BCUT2D eigenvalue weighted by Crippen LogP contribution is 2.35. The largest absolute Gasteiger partial charge is 0.369 e. The highest BCUT2D eigenvalue weighted by molar-refractivity contribution is 5.82. The number of fused-ring (bicyclic) bond motifs is 1. The van der Waals surface area contributed by atoms with Crippen LogP contribution >= 0.6 is 0 Å². The Morgan fingerprint density at radius 3 is 2.76 bits per heavy atom. The molecule has 0 radical (unpaired) electrons. The van der Waals surface area contributed by atoms with Gasteiger partial charge in [-0.3, -0.25) is 0 Å². The highest BCUT2D eigenvalue weighted by Gasteiger charge is 2.22. The first-order valence-corrected chi connectivity index (χ1v) is 6.26. The summed E-state index contributed by atoms with van der Waals surface area (Å²) in [6.45, 7) is 0.537. The molecule has 1 aromatic heterocycles. The van der Waals surface area contributed by atoms with E-state index in [0.717, 1.165) is 16.6 Å². The lowest BCUT2D eigenvalue weighted by Crippen LogP contribution is -2.10. The van der Waals surface area contributed by atoms with Gasteiger partial charge >= 0.3 is 0 Å². The zero-order chi connectivity index (χ0) is 11.8. The van der Waals surface area contributed by atoms with Gasteiger partial charge in [-0.1, -0.05) is 25.0 Å². The molecule has 0 spiro atoms. The molecular weight excluding hydrogens is 212 g/mol. The molecule has 3 rings (SSSR count). The summed E-state index contributed by atoms with van der Waals surface area (Å²) in [6.07, 6.45) is 4.98. The fourth-order valence-electron chi connectivity index (χ4n) is 2.93. The molecular formula is C13H18N4. The number of aromatic nitrogens is 2. The van der Waals surface area contributed by atoms with Crippen molar-refractivity contribution in [3.8, 4) is 0 Å². The number of rotatable bonds is 2. The molecule has 4 heteroatoms. The molecule has 0 bridgehead atoms.